The van der Waals surface area contributed by atoms with Crippen molar-refractivity contribution in [2.75, 3.05) is 5.32 Å². The van der Waals surface area contributed by atoms with Gasteiger partial charge in [-0.1, -0.05) is 41.9 Å². The van der Waals surface area contributed by atoms with Crippen LogP contribution in [0, 0.1) is 6.92 Å². The Morgan fingerprint density at radius 3 is 2.33 bits per heavy atom. The van der Waals surface area contributed by atoms with Crippen molar-refractivity contribution in [3.8, 4) is 0 Å². The summed E-state index contributed by atoms with van der Waals surface area (Å²) in [5.41, 5.74) is 4.17. The van der Waals surface area contributed by atoms with Crippen molar-refractivity contribution in [3.05, 3.63) is 64.2 Å². The Morgan fingerprint density at radius 2 is 1.72 bits per heavy atom. The van der Waals surface area contributed by atoms with Crippen LogP contribution in [0.4, 0.5) is 5.69 Å². The molecule has 0 aliphatic rings. The summed E-state index contributed by atoms with van der Waals surface area (Å²) >= 11 is 6.15. The van der Waals surface area contributed by atoms with Crippen LogP contribution in [-0.4, -0.2) is 5.11 Å². The van der Waals surface area contributed by atoms with Gasteiger partial charge in [-0.2, -0.15) is 0 Å². The first kappa shape index (κ1) is 12.9. The number of anilines is 1. The molecule has 0 saturated heterocycles. The Bertz CT molecular complexity index is 523. The maximum absolute atomic E-state index is 8.97. The number of halogens is 1. The molecule has 0 heterocycles. The molecule has 2 nitrogen and oxygen atoms in total. The third-order valence-corrected chi connectivity index (χ3v) is 3.13. The fourth-order valence-corrected chi connectivity index (χ4v) is 2.03. The number of aryl methyl sites for hydroxylation is 1. The van der Waals surface area contributed by atoms with Crippen LogP contribution in [0.1, 0.15) is 16.7 Å². The first-order chi connectivity index (χ1) is 8.69. The van der Waals surface area contributed by atoms with E-state index in [2.05, 4.69) is 5.32 Å². The van der Waals surface area contributed by atoms with E-state index in [1.54, 1.807) is 0 Å². The van der Waals surface area contributed by atoms with Crippen LogP contribution in [-0.2, 0) is 13.2 Å². The summed E-state index contributed by atoms with van der Waals surface area (Å²) < 4.78 is 0. The topological polar surface area (TPSA) is 32.3 Å². The van der Waals surface area contributed by atoms with Crippen LogP contribution >= 0.6 is 11.6 Å². The molecule has 2 N–H and O–H groups in total. The standard InChI is InChI=1S/C15H16ClNO/c1-11-2-7-15(14(16)8-11)17-9-12-3-5-13(10-18)6-4-12/h2-8,17-18H,9-10H2,1H3. The van der Waals surface area contributed by atoms with E-state index in [-0.39, 0.29) is 6.61 Å². The SMILES string of the molecule is Cc1ccc(NCc2ccc(CO)cc2)c(Cl)c1. The lowest BCUT2D eigenvalue weighted by atomic mass is 10.1. The van der Waals surface area contributed by atoms with Gasteiger partial charge in [0, 0.05) is 6.54 Å². The molecule has 94 valence electrons. The van der Waals surface area contributed by atoms with Crippen LogP contribution in [0.15, 0.2) is 42.5 Å². The summed E-state index contributed by atoms with van der Waals surface area (Å²) in [6, 6.07) is 13.8. The number of aliphatic hydroxyl groups excluding tert-OH is 1. The third-order valence-electron chi connectivity index (χ3n) is 2.81. The minimum atomic E-state index is 0.0809. The quantitative estimate of drug-likeness (QED) is 0.879. The second kappa shape index (κ2) is 5.89. The van der Waals surface area contributed by atoms with Crippen molar-refractivity contribution in [3.63, 3.8) is 0 Å². The highest BCUT2D eigenvalue weighted by Gasteiger charge is 2.00. The molecule has 2 rings (SSSR count). The lowest BCUT2D eigenvalue weighted by Gasteiger charge is -2.09. The van der Waals surface area contributed by atoms with Gasteiger partial charge in [-0.3, -0.25) is 0 Å². The lowest BCUT2D eigenvalue weighted by Crippen LogP contribution is -2.00. The molecule has 0 bridgehead atoms. The molecule has 0 unspecified atom stereocenters. The molecular weight excluding hydrogens is 246 g/mol. The predicted molar refractivity (Wildman–Crippen MR) is 75.9 cm³/mol. The van der Waals surface area contributed by atoms with Crippen molar-refractivity contribution in [1.82, 2.24) is 0 Å². The van der Waals surface area contributed by atoms with Gasteiger partial charge >= 0.3 is 0 Å². The van der Waals surface area contributed by atoms with Crippen LogP contribution in [0.3, 0.4) is 0 Å². The number of aliphatic hydroxyl groups is 1. The van der Waals surface area contributed by atoms with Crippen molar-refractivity contribution in [1.29, 1.82) is 0 Å². The van der Waals surface area contributed by atoms with E-state index in [4.69, 9.17) is 16.7 Å². The number of hydrogen-bond donors (Lipinski definition) is 2. The monoisotopic (exact) mass is 261 g/mol. The van der Waals surface area contributed by atoms with Gasteiger partial charge in [0.15, 0.2) is 0 Å². The molecule has 0 aliphatic carbocycles. The van der Waals surface area contributed by atoms with Crippen molar-refractivity contribution < 1.29 is 5.11 Å². The second-order valence-corrected chi connectivity index (χ2v) is 4.72. The molecule has 0 atom stereocenters. The highest BCUT2D eigenvalue weighted by atomic mass is 35.5. The van der Waals surface area contributed by atoms with E-state index in [1.165, 1.54) is 0 Å². The van der Waals surface area contributed by atoms with Crippen molar-refractivity contribution in [2.24, 2.45) is 0 Å². The number of nitrogens with one attached hydrogen (secondary N) is 1. The Labute approximate surface area is 112 Å². The minimum absolute atomic E-state index is 0.0809. The van der Waals surface area contributed by atoms with E-state index in [1.807, 2.05) is 49.4 Å². The summed E-state index contributed by atoms with van der Waals surface area (Å²) in [5, 5.41) is 13.0. The van der Waals surface area contributed by atoms with Gasteiger partial charge in [0.2, 0.25) is 0 Å². The van der Waals surface area contributed by atoms with Gasteiger partial charge < -0.3 is 10.4 Å². The van der Waals surface area contributed by atoms with Gasteiger partial charge in [-0.25, -0.2) is 0 Å². The van der Waals surface area contributed by atoms with E-state index in [0.29, 0.717) is 6.54 Å². The summed E-state index contributed by atoms with van der Waals surface area (Å²) in [7, 11) is 0. The normalized spacial score (nSPS) is 10.4. The fourth-order valence-electron chi connectivity index (χ4n) is 1.72. The zero-order chi connectivity index (χ0) is 13.0. The highest BCUT2D eigenvalue weighted by molar-refractivity contribution is 6.33. The smallest absolute Gasteiger partial charge is 0.0681 e. The molecule has 18 heavy (non-hydrogen) atoms. The van der Waals surface area contributed by atoms with E-state index < -0.39 is 0 Å². The fraction of sp³-hybridized carbons (Fsp3) is 0.200. The zero-order valence-corrected chi connectivity index (χ0v) is 11.0. The molecule has 0 amide bonds. The zero-order valence-electron chi connectivity index (χ0n) is 10.3. The Morgan fingerprint density at radius 1 is 1.06 bits per heavy atom. The van der Waals surface area contributed by atoms with E-state index in [9.17, 15) is 0 Å². The number of hydrogen-bond acceptors (Lipinski definition) is 2. The molecule has 3 heteroatoms. The maximum atomic E-state index is 8.97. The Balaban J connectivity index is 2.02. The second-order valence-electron chi connectivity index (χ2n) is 4.31. The lowest BCUT2D eigenvalue weighted by molar-refractivity contribution is 0.282. The van der Waals surface area contributed by atoms with E-state index in [0.717, 1.165) is 27.4 Å². The summed E-state index contributed by atoms with van der Waals surface area (Å²) in [4.78, 5) is 0. The molecule has 2 aromatic rings. The molecule has 2 aromatic carbocycles. The summed E-state index contributed by atoms with van der Waals surface area (Å²) in [6.07, 6.45) is 0. The summed E-state index contributed by atoms with van der Waals surface area (Å²) in [6.45, 7) is 2.81. The maximum Gasteiger partial charge on any atom is 0.0681 e. The predicted octanol–water partition coefficient (Wildman–Crippen LogP) is 3.75. The third kappa shape index (κ3) is 3.25. The van der Waals surface area contributed by atoms with Crippen LogP contribution in [0.25, 0.3) is 0 Å². The number of rotatable bonds is 4. The van der Waals surface area contributed by atoms with Crippen molar-refractivity contribution >= 4 is 17.3 Å². The van der Waals surface area contributed by atoms with Gasteiger partial charge in [0.05, 0.1) is 17.3 Å². The highest BCUT2D eigenvalue weighted by Crippen LogP contribution is 2.23. The van der Waals surface area contributed by atoms with Gasteiger partial charge in [0.1, 0.15) is 0 Å². The average molecular weight is 262 g/mol. The average Bonchev–Trinajstić information content (AvgIpc) is 2.38. The first-order valence-corrected chi connectivity index (χ1v) is 6.25. The first-order valence-electron chi connectivity index (χ1n) is 5.88. The Hall–Kier alpha value is -1.51. The van der Waals surface area contributed by atoms with E-state index >= 15 is 0 Å². The Kier molecular flexibility index (Phi) is 4.24. The minimum Gasteiger partial charge on any atom is -0.392 e. The molecule has 0 spiro atoms. The van der Waals surface area contributed by atoms with Crippen LogP contribution in [0.2, 0.25) is 5.02 Å². The molecule has 0 saturated carbocycles. The van der Waals surface area contributed by atoms with Gasteiger partial charge in [-0.05, 0) is 35.7 Å². The molecule has 0 radical (unpaired) electrons. The molecule has 0 aromatic heterocycles. The van der Waals surface area contributed by atoms with Crippen LogP contribution < -0.4 is 5.32 Å². The molecule has 0 fully saturated rings. The number of benzene rings is 2. The molecular formula is C15H16ClNO. The van der Waals surface area contributed by atoms with Crippen molar-refractivity contribution in [2.45, 2.75) is 20.1 Å². The molecule has 0 aliphatic heterocycles. The summed E-state index contributed by atoms with van der Waals surface area (Å²) in [5.74, 6) is 0. The largest absolute Gasteiger partial charge is 0.392 e. The van der Waals surface area contributed by atoms with Gasteiger partial charge in [-0.15, -0.1) is 0 Å². The van der Waals surface area contributed by atoms with Gasteiger partial charge in [0.25, 0.3) is 0 Å². The van der Waals surface area contributed by atoms with Crippen LogP contribution in [0.5, 0.6) is 0 Å².